The second kappa shape index (κ2) is 6.39. The van der Waals surface area contributed by atoms with E-state index in [1.54, 1.807) is 11.6 Å². The number of carbonyl (C=O) groups excluding carboxylic acids is 1. The zero-order valence-electron chi connectivity index (χ0n) is 12.4. The van der Waals surface area contributed by atoms with Gasteiger partial charge in [0.25, 0.3) is 0 Å². The minimum Gasteiger partial charge on any atom is -0.294 e. The largest absolute Gasteiger partial charge is 0.294 e. The van der Waals surface area contributed by atoms with Crippen LogP contribution in [0.5, 0.6) is 0 Å². The van der Waals surface area contributed by atoms with Crippen LogP contribution < -0.4 is 0 Å². The predicted molar refractivity (Wildman–Crippen MR) is 81.5 cm³/mol. The van der Waals surface area contributed by atoms with Gasteiger partial charge in [0.05, 0.1) is 22.8 Å². The van der Waals surface area contributed by atoms with E-state index in [-0.39, 0.29) is 18.0 Å². The van der Waals surface area contributed by atoms with E-state index in [4.69, 9.17) is 11.6 Å². The number of nitrogens with zero attached hydrogens (tertiary/aromatic N) is 2. The summed E-state index contributed by atoms with van der Waals surface area (Å²) >= 11 is 6.31. The molecule has 0 radical (unpaired) electrons. The number of halogens is 2. The highest BCUT2D eigenvalue weighted by Crippen LogP contribution is 2.24. The fourth-order valence-corrected chi connectivity index (χ4v) is 2.71. The van der Waals surface area contributed by atoms with Crippen molar-refractivity contribution in [3.8, 4) is 0 Å². The minimum absolute atomic E-state index is 0.0772. The van der Waals surface area contributed by atoms with Gasteiger partial charge in [0.2, 0.25) is 0 Å². The third-order valence-electron chi connectivity index (χ3n) is 3.51. The van der Waals surface area contributed by atoms with Gasteiger partial charge in [-0.1, -0.05) is 18.5 Å². The van der Waals surface area contributed by atoms with Crippen molar-refractivity contribution in [2.45, 2.75) is 40.2 Å². The zero-order valence-corrected chi connectivity index (χ0v) is 13.2. The van der Waals surface area contributed by atoms with Crippen molar-refractivity contribution in [1.29, 1.82) is 0 Å². The lowest BCUT2D eigenvalue weighted by molar-refractivity contribution is 0.0990. The molecular formula is C16H18ClFN2O. The van der Waals surface area contributed by atoms with E-state index in [9.17, 15) is 9.18 Å². The molecule has 0 fully saturated rings. The Morgan fingerprint density at radius 1 is 1.38 bits per heavy atom. The first-order valence-corrected chi connectivity index (χ1v) is 7.39. The van der Waals surface area contributed by atoms with Gasteiger partial charge < -0.3 is 0 Å². The third-order valence-corrected chi connectivity index (χ3v) is 3.95. The van der Waals surface area contributed by atoms with Crippen molar-refractivity contribution >= 4 is 17.4 Å². The highest BCUT2D eigenvalue weighted by Gasteiger charge is 2.19. The van der Waals surface area contributed by atoms with Gasteiger partial charge in [-0.15, -0.1) is 0 Å². The Hall–Kier alpha value is -1.68. The van der Waals surface area contributed by atoms with E-state index in [0.29, 0.717) is 22.7 Å². The number of hydrogen-bond acceptors (Lipinski definition) is 2. The first kappa shape index (κ1) is 15.7. The molecular weight excluding hydrogens is 291 g/mol. The van der Waals surface area contributed by atoms with Gasteiger partial charge in [-0.25, -0.2) is 4.39 Å². The molecule has 0 N–H and O–H groups in total. The Labute approximate surface area is 128 Å². The molecule has 5 heteroatoms. The van der Waals surface area contributed by atoms with Crippen LogP contribution in [0.25, 0.3) is 0 Å². The van der Waals surface area contributed by atoms with Gasteiger partial charge in [0, 0.05) is 12.1 Å². The SMILES string of the molecule is CCc1nn(CC)c(CC(=O)c2ccc(F)cc2C)c1Cl. The van der Waals surface area contributed by atoms with Crippen LogP contribution in [-0.4, -0.2) is 15.6 Å². The zero-order chi connectivity index (χ0) is 15.6. The normalized spacial score (nSPS) is 10.9. The number of aromatic nitrogens is 2. The van der Waals surface area contributed by atoms with Crippen LogP contribution >= 0.6 is 11.6 Å². The number of aryl methyl sites for hydroxylation is 3. The Balaban J connectivity index is 2.33. The lowest BCUT2D eigenvalue weighted by Crippen LogP contribution is -2.11. The average molecular weight is 309 g/mol. The van der Waals surface area contributed by atoms with E-state index >= 15 is 0 Å². The summed E-state index contributed by atoms with van der Waals surface area (Å²) in [6.45, 7) is 6.32. The van der Waals surface area contributed by atoms with Crippen LogP contribution in [-0.2, 0) is 19.4 Å². The number of Topliss-reactive ketones (excluding diaryl/α,β-unsaturated/α-hetero) is 1. The molecule has 0 aliphatic heterocycles. The highest BCUT2D eigenvalue weighted by molar-refractivity contribution is 6.32. The summed E-state index contributed by atoms with van der Waals surface area (Å²) in [6.07, 6.45) is 0.898. The minimum atomic E-state index is -0.339. The smallest absolute Gasteiger partial charge is 0.169 e. The second-order valence-corrected chi connectivity index (χ2v) is 5.31. The second-order valence-electron chi connectivity index (χ2n) is 4.94. The Morgan fingerprint density at radius 3 is 2.67 bits per heavy atom. The van der Waals surface area contributed by atoms with Gasteiger partial charge in [-0.05, 0) is 44.0 Å². The molecule has 1 aromatic heterocycles. The summed E-state index contributed by atoms with van der Waals surface area (Å²) in [7, 11) is 0. The standard InChI is InChI=1S/C16H18ClFN2O/c1-4-13-16(17)14(20(5-2)19-13)9-15(21)12-7-6-11(18)8-10(12)3/h6-8H,4-5,9H2,1-3H3. The maximum Gasteiger partial charge on any atom is 0.169 e. The fourth-order valence-electron chi connectivity index (χ4n) is 2.37. The maximum atomic E-state index is 13.1. The van der Waals surface area contributed by atoms with E-state index in [1.807, 2.05) is 13.8 Å². The van der Waals surface area contributed by atoms with Crippen LogP contribution in [0.4, 0.5) is 4.39 Å². The summed E-state index contributed by atoms with van der Waals surface area (Å²) < 4.78 is 14.9. The van der Waals surface area contributed by atoms with E-state index in [1.165, 1.54) is 18.2 Å². The summed E-state index contributed by atoms with van der Waals surface area (Å²) in [5, 5.41) is 4.96. The molecule has 2 aromatic rings. The van der Waals surface area contributed by atoms with E-state index < -0.39 is 0 Å². The lowest BCUT2D eigenvalue weighted by Gasteiger charge is -2.07. The molecule has 1 heterocycles. The van der Waals surface area contributed by atoms with Crippen molar-refractivity contribution in [2.75, 3.05) is 0 Å². The van der Waals surface area contributed by atoms with E-state index in [2.05, 4.69) is 5.10 Å². The van der Waals surface area contributed by atoms with Gasteiger partial charge in [-0.2, -0.15) is 5.10 Å². The molecule has 0 atom stereocenters. The molecule has 0 amide bonds. The van der Waals surface area contributed by atoms with E-state index in [0.717, 1.165) is 17.8 Å². The Morgan fingerprint density at radius 2 is 2.10 bits per heavy atom. The topological polar surface area (TPSA) is 34.9 Å². The van der Waals surface area contributed by atoms with Crippen molar-refractivity contribution in [2.24, 2.45) is 0 Å². The van der Waals surface area contributed by atoms with Crippen LogP contribution in [0.15, 0.2) is 18.2 Å². The molecule has 21 heavy (non-hydrogen) atoms. The van der Waals surface area contributed by atoms with Gasteiger partial charge >= 0.3 is 0 Å². The van der Waals surface area contributed by atoms with Crippen molar-refractivity contribution in [3.05, 3.63) is 51.6 Å². The van der Waals surface area contributed by atoms with Crippen LogP contribution in [0.1, 0.15) is 41.2 Å². The lowest BCUT2D eigenvalue weighted by atomic mass is 10.0. The maximum absolute atomic E-state index is 13.1. The molecule has 0 aliphatic rings. The molecule has 0 spiro atoms. The highest BCUT2D eigenvalue weighted by atomic mass is 35.5. The Bertz CT molecular complexity index is 679. The molecule has 1 aromatic carbocycles. The number of ketones is 1. The molecule has 0 unspecified atom stereocenters. The van der Waals surface area contributed by atoms with Crippen LogP contribution in [0, 0.1) is 12.7 Å². The number of hydrogen-bond donors (Lipinski definition) is 0. The van der Waals surface area contributed by atoms with Gasteiger partial charge in [0.1, 0.15) is 5.82 Å². The first-order chi connectivity index (χ1) is 9.97. The number of rotatable bonds is 5. The van der Waals surface area contributed by atoms with Gasteiger partial charge in [0.15, 0.2) is 5.78 Å². The van der Waals surface area contributed by atoms with Crippen molar-refractivity contribution in [3.63, 3.8) is 0 Å². The van der Waals surface area contributed by atoms with Crippen molar-refractivity contribution < 1.29 is 9.18 Å². The number of carbonyl (C=O) groups is 1. The molecule has 0 saturated heterocycles. The summed E-state index contributed by atoms with van der Waals surface area (Å²) in [5.41, 5.74) is 2.69. The molecule has 2 rings (SSSR count). The van der Waals surface area contributed by atoms with Crippen molar-refractivity contribution in [1.82, 2.24) is 9.78 Å². The predicted octanol–water partition coefficient (Wildman–Crippen LogP) is 3.99. The third kappa shape index (κ3) is 3.16. The molecule has 112 valence electrons. The monoisotopic (exact) mass is 308 g/mol. The molecule has 0 aliphatic carbocycles. The van der Waals surface area contributed by atoms with Crippen LogP contribution in [0.2, 0.25) is 5.02 Å². The fraction of sp³-hybridized carbons (Fsp3) is 0.375. The number of benzene rings is 1. The summed E-state index contributed by atoms with van der Waals surface area (Å²) in [4.78, 5) is 12.4. The quantitative estimate of drug-likeness (QED) is 0.783. The van der Waals surface area contributed by atoms with Crippen LogP contribution in [0.3, 0.4) is 0 Å². The molecule has 0 bridgehead atoms. The van der Waals surface area contributed by atoms with Gasteiger partial charge in [-0.3, -0.25) is 9.48 Å². The first-order valence-electron chi connectivity index (χ1n) is 7.01. The summed E-state index contributed by atoms with van der Waals surface area (Å²) in [6, 6.07) is 4.19. The molecule has 0 saturated carbocycles. The Kier molecular flexibility index (Phi) is 4.78. The molecule has 3 nitrogen and oxygen atoms in total. The summed E-state index contributed by atoms with van der Waals surface area (Å²) in [5.74, 6) is -0.416. The average Bonchev–Trinajstić information content (AvgIpc) is 2.75.